The Balaban J connectivity index is 1.95. The van der Waals surface area contributed by atoms with E-state index in [1.807, 2.05) is 13.0 Å². The van der Waals surface area contributed by atoms with Crippen molar-refractivity contribution in [2.45, 2.75) is 33.2 Å². The molecule has 1 aliphatic heterocycles. The lowest BCUT2D eigenvalue weighted by molar-refractivity contribution is -0.125. The van der Waals surface area contributed by atoms with Crippen molar-refractivity contribution in [3.8, 4) is 0 Å². The van der Waals surface area contributed by atoms with Crippen LogP contribution in [-0.4, -0.2) is 20.5 Å². The third-order valence-electron chi connectivity index (χ3n) is 4.71. The highest BCUT2D eigenvalue weighted by Crippen LogP contribution is 2.46. The maximum Gasteiger partial charge on any atom is 0.226 e. The quantitative estimate of drug-likeness (QED) is 0.800. The highest BCUT2D eigenvalue weighted by Gasteiger charge is 2.45. The van der Waals surface area contributed by atoms with Gasteiger partial charge < -0.3 is 5.32 Å². The average molecular weight is 377 g/mol. The number of hydrogen-bond acceptors (Lipinski definition) is 4. The molecule has 0 radical (unpaired) electrons. The molecule has 1 aromatic carbocycles. The van der Waals surface area contributed by atoms with E-state index in [2.05, 4.69) is 35.3 Å². The lowest BCUT2D eigenvalue weighted by atomic mass is 9.72. The molecule has 0 saturated heterocycles. The predicted molar refractivity (Wildman–Crippen MR) is 98.0 cm³/mol. The first-order valence-electron chi connectivity index (χ1n) is 8.16. The van der Waals surface area contributed by atoms with Crippen molar-refractivity contribution >= 4 is 34.9 Å². The Hall–Kier alpha value is -1.85. The van der Waals surface area contributed by atoms with Gasteiger partial charge in [-0.15, -0.1) is 0 Å². The van der Waals surface area contributed by atoms with E-state index < -0.39 is 0 Å². The molecule has 0 bridgehead atoms. The van der Waals surface area contributed by atoms with E-state index in [1.54, 1.807) is 16.8 Å². The summed E-state index contributed by atoms with van der Waals surface area (Å²) in [5.41, 5.74) is 1.50. The maximum atomic E-state index is 13.0. The van der Waals surface area contributed by atoms with Gasteiger partial charge >= 0.3 is 0 Å². The minimum Gasteiger partial charge on any atom is -0.328 e. The Morgan fingerprint density at radius 3 is 2.80 bits per heavy atom. The fraction of sp³-hybridized carbons (Fsp3) is 0.389. The van der Waals surface area contributed by atoms with Gasteiger partial charge in [0.1, 0.15) is 11.6 Å². The molecule has 2 heterocycles. The Morgan fingerprint density at radius 2 is 2.08 bits per heavy atom. The molecule has 7 heteroatoms. The van der Waals surface area contributed by atoms with Gasteiger partial charge in [0, 0.05) is 22.2 Å². The van der Waals surface area contributed by atoms with Crippen LogP contribution in [0, 0.1) is 18.3 Å². The molecule has 25 heavy (non-hydrogen) atoms. The van der Waals surface area contributed by atoms with Crippen molar-refractivity contribution in [3.63, 3.8) is 0 Å². The lowest BCUT2D eigenvalue weighted by Crippen LogP contribution is -2.42. The largest absolute Gasteiger partial charge is 0.328 e. The van der Waals surface area contributed by atoms with Crippen LogP contribution in [0.3, 0.4) is 0 Å². The van der Waals surface area contributed by atoms with Gasteiger partial charge in [0.2, 0.25) is 5.95 Å². The molecule has 0 fully saturated rings. The number of carbonyl (C=O) groups excluding carboxylic acids is 1. The second-order valence-corrected chi connectivity index (χ2v) is 8.22. The highest BCUT2D eigenvalue weighted by atomic mass is 35.5. The van der Waals surface area contributed by atoms with Crippen molar-refractivity contribution in [3.05, 3.63) is 51.4 Å². The van der Waals surface area contributed by atoms with Crippen molar-refractivity contribution in [2.75, 3.05) is 5.32 Å². The summed E-state index contributed by atoms with van der Waals surface area (Å²) < 4.78 is 1.77. The number of fused-ring (bicyclic) bond motifs is 2. The van der Waals surface area contributed by atoms with Crippen molar-refractivity contribution in [1.82, 2.24) is 14.8 Å². The number of halogens is 2. The summed E-state index contributed by atoms with van der Waals surface area (Å²) in [6.45, 7) is 5.95. The molecule has 1 aliphatic carbocycles. The zero-order valence-corrected chi connectivity index (χ0v) is 15.7. The number of hydrogen-bond donors (Lipinski definition) is 1. The van der Waals surface area contributed by atoms with Gasteiger partial charge in [-0.1, -0.05) is 49.2 Å². The van der Waals surface area contributed by atoms with Crippen LogP contribution in [0.25, 0.3) is 0 Å². The first-order valence-corrected chi connectivity index (χ1v) is 8.91. The molecular formula is C18H18Cl2N4O. The van der Waals surface area contributed by atoms with Gasteiger partial charge in [0.05, 0.1) is 12.0 Å². The van der Waals surface area contributed by atoms with Gasteiger partial charge in [-0.2, -0.15) is 10.1 Å². The summed E-state index contributed by atoms with van der Waals surface area (Å²) in [7, 11) is 0. The van der Waals surface area contributed by atoms with Crippen LogP contribution in [0.15, 0.2) is 30.0 Å². The molecule has 0 saturated carbocycles. The normalized spacial score (nSPS) is 24.2. The van der Waals surface area contributed by atoms with E-state index >= 15 is 0 Å². The smallest absolute Gasteiger partial charge is 0.226 e. The molecule has 130 valence electrons. The van der Waals surface area contributed by atoms with Crippen LogP contribution in [-0.2, 0) is 4.79 Å². The number of allylic oxidation sites excluding steroid dienone is 2. The summed E-state index contributed by atoms with van der Waals surface area (Å²) in [5, 5.41) is 8.89. The van der Waals surface area contributed by atoms with Crippen LogP contribution >= 0.6 is 23.2 Å². The van der Waals surface area contributed by atoms with E-state index in [-0.39, 0.29) is 23.2 Å². The van der Waals surface area contributed by atoms with Crippen LogP contribution in [0.4, 0.5) is 5.95 Å². The summed E-state index contributed by atoms with van der Waals surface area (Å²) in [4.78, 5) is 17.5. The molecule has 4 rings (SSSR count). The minimum absolute atomic E-state index is 0.171. The monoisotopic (exact) mass is 376 g/mol. The van der Waals surface area contributed by atoms with Gasteiger partial charge in [-0.25, -0.2) is 4.68 Å². The van der Waals surface area contributed by atoms with E-state index in [0.29, 0.717) is 28.2 Å². The molecular weight excluding hydrogens is 359 g/mol. The van der Waals surface area contributed by atoms with E-state index in [4.69, 9.17) is 23.2 Å². The Bertz CT molecular complexity index is 916. The van der Waals surface area contributed by atoms with Crippen LogP contribution in [0.2, 0.25) is 10.0 Å². The molecule has 2 aromatic rings. The first-order chi connectivity index (χ1) is 11.7. The third-order valence-corrected chi connectivity index (χ3v) is 5.27. The number of carbonyl (C=O) groups is 1. The molecule has 2 aliphatic rings. The number of nitrogens with one attached hydrogen (secondary N) is 1. The number of ketones is 1. The first kappa shape index (κ1) is 16.6. The third kappa shape index (κ3) is 2.75. The maximum absolute atomic E-state index is 13.0. The van der Waals surface area contributed by atoms with E-state index in [9.17, 15) is 4.79 Å². The minimum atomic E-state index is -0.361. The van der Waals surface area contributed by atoms with Crippen LogP contribution in [0.5, 0.6) is 0 Å². The van der Waals surface area contributed by atoms with Crippen molar-refractivity contribution in [1.29, 1.82) is 0 Å². The number of aromatic nitrogens is 3. The molecule has 0 spiro atoms. The SMILES string of the molecule is Cc1nc2n(n1)[C@@H](c1ccc(Cl)cc1Cl)[C@@H]1C(=O)CC(C)(C)C=C1N2. The zero-order chi connectivity index (χ0) is 17.9. The number of anilines is 1. The summed E-state index contributed by atoms with van der Waals surface area (Å²) in [6.07, 6.45) is 2.61. The van der Waals surface area contributed by atoms with E-state index in [0.717, 1.165) is 11.3 Å². The lowest BCUT2D eigenvalue weighted by Gasteiger charge is -2.40. The average Bonchev–Trinajstić information content (AvgIpc) is 2.84. The molecule has 2 atom stereocenters. The fourth-order valence-corrected chi connectivity index (χ4v) is 4.31. The Morgan fingerprint density at radius 1 is 1.32 bits per heavy atom. The molecule has 1 N–H and O–H groups in total. The topological polar surface area (TPSA) is 59.8 Å². The second-order valence-electron chi connectivity index (χ2n) is 7.37. The van der Waals surface area contributed by atoms with Crippen molar-refractivity contribution in [2.24, 2.45) is 11.3 Å². The van der Waals surface area contributed by atoms with Crippen LogP contribution < -0.4 is 5.32 Å². The van der Waals surface area contributed by atoms with Crippen LogP contribution in [0.1, 0.15) is 37.7 Å². The molecule has 0 amide bonds. The summed E-state index contributed by atoms with van der Waals surface area (Å²) in [6, 6.07) is 5.02. The number of nitrogens with zero attached hydrogens (tertiary/aromatic N) is 3. The standard InChI is InChI=1S/C18H18Cl2N4O/c1-9-21-17-22-13-7-18(2,3)8-14(25)15(13)16(24(17)23-9)11-5-4-10(19)6-12(11)20/h4-7,15-16H,8H2,1-3H3,(H,21,22,23)/t15-,16-/m0/s1. The fourth-order valence-electron chi connectivity index (χ4n) is 3.79. The summed E-state index contributed by atoms with van der Waals surface area (Å²) in [5.74, 6) is 1.08. The molecule has 0 unspecified atom stereocenters. The predicted octanol–water partition coefficient (Wildman–Crippen LogP) is 4.41. The molecule has 5 nitrogen and oxygen atoms in total. The van der Waals surface area contributed by atoms with Gasteiger partial charge in [0.15, 0.2) is 0 Å². The zero-order valence-electron chi connectivity index (χ0n) is 14.2. The number of rotatable bonds is 1. The van der Waals surface area contributed by atoms with Crippen molar-refractivity contribution < 1.29 is 4.79 Å². The van der Waals surface area contributed by atoms with Gasteiger partial charge in [-0.3, -0.25) is 4.79 Å². The highest BCUT2D eigenvalue weighted by molar-refractivity contribution is 6.35. The summed E-state index contributed by atoms with van der Waals surface area (Å²) >= 11 is 12.5. The van der Waals surface area contributed by atoms with Gasteiger partial charge in [-0.05, 0) is 30.0 Å². The number of benzene rings is 1. The van der Waals surface area contributed by atoms with E-state index in [1.165, 1.54) is 0 Å². The van der Waals surface area contributed by atoms with Gasteiger partial charge in [0.25, 0.3) is 0 Å². The number of aryl methyl sites for hydroxylation is 1. The Kier molecular flexibility index (Phi) is 3.71. The second kappa shape index (κ2) is 5.58. The Labute approximate surface area is 156 Å². The molecule has 1 aromatic heterocycles. The number of Topliss-reactive ketones (excluding diaryl/α,β-unsaturated/α-hetero) is 1.